The Bertz CT molecular complexity index is 728. The molecule has 2 aromatic rings. The summed E-state index contributed by atoms with van der Waals surface area (Å²) in [6.07, 6.45) is 0.109. The van der Waals surface area contributed by atoms with E-state index in [4.69, 9.17) is 4.74 Å². The molecule has 0 fully saturated rings. The van der Waals surface area contributed by atoms with Crippen LogP contribution in [0, 0.1) is 6.92 Å². The molecule has 0 heterocycles. The highest BCUT2D eigenvalue weighted by atomic mass is 32.2. The topological polar surface area (TPSA) is 67.4 Å². The molecule has 2 rings (SSSR count). The first-order valence-electron chi connectivity index (χ1n) is 8.43. The van der Waals surface area contributed by atoms with E-state index in [-0.39, 0.29) is 29.4 Å². The van der Waals surface area contributed by atoms with Gasteiger partial charge < -0.3 is 15.4 Å². The molecular formula is C20H24N2O3S. The van der Waals surface area contributed by atoms with Crippen LogP contribution in [-0.4, -0.2) is 29.4 Å². The number of aryl methyl sites for hydroxylation is 1. The molecule has 26 heavy (non-hydrogen) atoms. The lowest BCUT2D eigenvalue weighted by atomic mass is 10.2. The fourth-order valence-electron chi connectivity index (χ4n) is 2.16. The van der Waals surface area contributed by atoms with Crippen molar-refractivity contribution in [1.82, 2.24) is 0 Å². The molecule has 0 bridgehead atoms. The second kappa shape index (κ2) is 9.87. The molecule has 0 spiro atoms. The standard InChI is InChI=1S/C20H24N2O3S/c1-14(2)25-18-10-8-17(9-11-18)22-20(24)13-26-12-19(23)21-16-6-4-15(3)5-7-16/h4-11,14H,12-13H2,1-3H3,(H,21,23)(H,22,24). The van der Waals surface area contributed by atoms with Gasteiger partial charge in [0.1, 0.15) is 5.75 Å². The fraction of sp³-hybridized carbons (Fsp3) is 0.300. The van der Waals surface area contributed by atoms with Gasteiger partial charge in [0.25, 0.3) is 0 Å². The molecule has 2 N–H and O–H groups in total. The molecule has 2 amide bonds. The number of anilines is 2. The molecule has 0 unspecified atom stereocenters. The number of carbonyl (C=O) groups excluding carboxylic acids is 2. The van der Waals surface area contributed by atoms with E-state index in [1.165, 1.54) is 11.8 Å². The molecule has 0 atom stereocenters. The maximum atomic E-state index is 12.0. The van der Waals surface area contributed by atoms with E-state index >= 15 is 0 Å². The van der Waals surface area contributed by atoms with E-state index in [0.717, 1.165) is 17.0 Å². The minimum atomic E-state index is -0.143. The second-order valence-electron chi connectivity index (χ2n) is 6.15. The van der Waals surface area contributed by atoms with Gasteiger partial charge in [0.2, 0.25) is 11.8 Å². The lowest BCUT2D eigenvalue weighted by Gasteiger charge is -2.10. The Balaban J connectivity index is 1.69. The smallest absolute Gasteiger partial charge is 0.234 e. The number of hydrogen-bond donors (Lipinski definition) is 2. The second-order valence-corrected chi connectivity index (χ2v) is 7.13. The van der Waals surface area contributed by atoms with E-state index in [2.05, 4.69) is 10.6 Å². The van der Waals surface area contributed by atoms with Gasteiger partial charge in [-0.15, -0.1) is 11.8 Å². The van der Waals surface area contributed by atoms with Crippen molar-refractivity contribution >= 4 is 35.0 Å². The van der Waals surface area contributed by atoms with Crippen molar-refractivity contribution < 1.29 is 14.3 Å². The van der Waals surface area contributed by atoms with Gasteiger partial charge in [-0.05, 0) is 57.2 Å². The number of hydrogen-bond acceptors (Lipinski definition) is 4. The molecule has 6 heteroatoms. The Morgan fingerprint density at radius 2 is 1.35 bits per heavy atom. The summed E-state index contributed by atoms with van der Waals surface area (Å²) in [5.41, 5.74) is 2.60. The number of rotatable bonds is 8. The average Bonchev–Trinajstić information content (AvgIpc) is 2.58. The van der Waals surface area contributed by atoms with E-state index in [0.29, 0.717) is 5.69 Å². The SMILES string of the molecule is Cc1ccc(NC(=O)CSCC(=O)Nc2ccc(OC(C)C)cc2)cc1. The third kappa shape index (κ3) is 7.19. The Labute approximate surface area is 158 Å². The molecule has 0 aliphatic rings. The maximum Gasteiger partial charge on any atom is 0.234 e. The molecular weight excluding hydrogens is 348 g/mol. The molecule has 0 aliphatic carbocycles. The third-order valence-corrected chi connectivity index (χ3v) is 4.24. The van der Waals surface area contributed by atoms with Crippen LogP contribution >= 0.6 is 11.8 Å². The maximum absolute atomic E-state index is 12.0. The summed E-state index contributed by atoms with van der Waals surface area (Å²) in [7, 11) is 0. The summed E-state index contributed by atoms with van der Waals surface area (Å²) in [6, 6.07) is 14.8. The lowest BCUT2D eigenvalue weighted by Crippen LogP contribution is -2.18. The minimum Gasteiger partial charge on any atom is -0.491 e. The van der Waals surface area contributed by atoms with Gasteiger partial charge in [0.05, 0.1) is 17.6 Å². The average molecular weight is 372 g/mol. The number of carbonyl (C=O) groups is 2. The van der Waals surface area contributed by atoms with Crippen LogP contribution in [0.2, 0.25) is 0 Å². The number of ether oxygens (including phenoxy) is 1. The Hall–Kier alpha value is -2.47. The van der Waals surface area contributed by atoms with Gasteiger partial charge in [-0.3, -0.25) is 9.59 Å². The van der Waals surface area contributed by atoms with Crippen molar-refractivity contribution in [2.24, 2.45) is 0 Å². The van der Waals surface area contributed by atoms with Gasteiger partial charge in [-0.2, -0.15) is 0 Å². The lowest BCUT2D eigenvalue weighted by molar-refractivity contribution is -0.114. The minimum absolute atomic E-state index is 0.109. The van der Waals surface area contributed by atoms with Crippen LogP contribution in [0.25, 0.3) is 0 Å². The largest absolute Gasteiger partial charge is 0.491 e. The number of benzene rings is 2. The van der Waals surface area contributed by atoms with Crippen LogP contribution in [0.5, 0.6) is 5.75 Å². The van der Waals surface area contributed by atoms with E-state index < -0.39 is 0 Å². The van der Waals surface area contributed by atoms with Crippen LogP contribution in [-0.2, 0) is 9.59 Å². The van der Waals surface area contributed by atoms with Crippen molar-refractivity contribution in [2.75, 3.05) is 22.1 Å². The van der Waals surface area contributed by atoms with Crippen LogP contribution in [0.1, 0.15) is 19.4 Å². The van der Waals surface area contributed by atoms with Gasteiger partial charge in [0, 0.05) is 11.4 Å². The summed E-state index contributed by atoms with van der Waals surface area (Å²) in [5.74, 6) is 0.936. The van der Waals surface area contributed by atoms with E-state index in [1.54, 1.807) is 12.1 Å². The first kappa shape index (κ1) is 19.8. The van der Waals surface area contributed by atoms with Gasteiger partial charge >= 0.3 is 0 Å². The highest BCUT2D eigenvalue weighted by Gasteiger charge is 2.07. The number of thioether (sulfide) groups is 1. The zero-order valence-corrected chi connectivity index (χ0v) is 16.1. The highest BCUT2D eigenvalue weighted by Crippen LogP contribution is 2.17. The molecule has 138 valence electrons. The molecule has 0 aliphatic heterocycles. The van der Waals surface area contributed by atoms with Gasteiger partial charge in [0.15, 0.2) is 0 Å². The zero-order valence-electron chi connectivity index (χ0n) is 15.2. The fourth-order valence-corrected chi connectivity index (χ4v) is 2.77. The summed E-state index contributed by atoms with van der Waals surface area (Å²) in [4.78, 5) is 23.8. The normalized spacial score (nSPS) is 10.5. The zero-order chi connectivity index (χ0) is 18.9. The van der Waals surface area contributed by atoms with Crippen LogP contribution in [0.3, 0.4) is 0 Å². The van der Waals surface area contributed by atoms with Crippen LogP contribution in [0.4, 0.5) is 11.4 Å². The molecule has 0 aromatic heterocycles. The van der Waals surface area contributed by atoms with Crippen LogP contribution in [0.15, 0.2) is 48.5 Å². The van der Waals surface area contributed by atoms with Crippen molar-refractivity contribution in [3.63, 3.8) is 0 Å². The van der Waals surface area contributed by atoms with E-state index in [9.17, 15) is 9.59 Å². The van der Waals surface area contributed by atoms with Crippen molar-refractivity contribution in [1.29, 1.82) is 0 Å². The third-order valence-electron chi connectivity index (χ3n) is 3.31. The molecule has 5 nitrogen and oxygen atoms in total. The first-order valence-corrected chi connectivity index (χ1v) is 9.58. The first-order chi connectivity index (χ1) is 12.4. The highest BCUT2D eigenvalue weighted by molar-refractivity contribution is 8.00. The Morgan fingerprint density at radius 3 is 1.81 bits per heavy atom. The summed E-state index contributed by atoms with van der Waals surface area (Å²) >= 11 is 1.27. The quantitative estimate of drug-likeness (QED) is 0.732. The number of nitrogens with one attached hydrogen (secondary N) is 2. The Morgan fingerprint density at radius 1 is 0.885 bits per heavy atom. The summed E-state index contributed by atoms with van der Waals surface area (Å²) in [5, 5.41) is 5.61. The van der Waals surface area contributed by atoms with Gasteiger partial charge in [-0.25, -0.2) is 0 Å². The summed E-state index contributed by atoms with van der Waals surface area (Å²) < 4.78 is 5.56. The number of amides is 2. The Kier molecular flexibility index (Phi) is 7.53. The molecule has 0 saturated carbocycles. The summed E-state index contributed by atoms with van der Waals surface area (Å²) in [6.45, 7) is 5.91. The molecule has 0 radical (unpaired) electrons. The van der Waals surface area contributed by atoms with Crippen molar-refractivity contribution in [3.8, 4) is 5.75 Å². The predicted molar refractivity (Wildman–Crippen MR) is 108 cm³/mol. The van der Waals surface area contributed by atoms with Crippen molar-refractivity contribution in [2.45, 2.75) is 26.9 Å². The predicted octanol–water partition coefficient (Wildman–Crippen LogP) is 4.09. The van der Waals surface area contributed by atoms with Crippen LogP contribution < -0.4 is 15.4 Å². The van der Waals surface area contributed by atoms with E-state index in [1.807, 2.05) is 57.2 Å². The molecule has 0 saturated heterocycles. The van der Waals surface area contributed by atoms with Gasteiger partial charge in [-0.1, -0.05) is 17.7 Å². The molecule has 2 aromatic carbocycles. The monoisotopic (exact) mass is 372 g/mol. The van der Waals surface area contributed by atoms with Crippen molar-refractivity contribution in [3.05, 3.63) is 54.1 Å².